The van der Waals surface area contributed by atoms with E-state index in [1.165, 1.54) is 6.92 Å². The van der Waals surface area contributed by atoms with E-state index in [9.17, 15) is 9.59 Å². The zero-order chi connectivity index (χ0) is 9.72. The van der Waals surface area contributed by atoms with E-state index in [-0.39, 0.29) is 6.61 Å². The van der Waals surface area contributed by atoms with Gasteiger partial charge in [0.1, 0.15) is 0 Å². The minimum absolute atomic E-state index is 0.287. The number of rotatable bonds is 4. The number of hydrogen-bond acceptors (Lipinski definition) is 3. The topological polar surface area (TPSA) is 63.6 Å². The normalized spacial score (nSPS) is 14.9. The lowest BCUT2D eigenvalue weighted by molar-refractivity contribution is -0.156. The van der Waals surface area contributed by atoms with Crippen LogP contribution in [0.5, 0.6) is 0 Å². The monoisotopic (exact) mass is 174 g/mol. The minimum Gasteiger partial charge on any atom is -0.481 e. The summed E-state index contributed by atoms with van der Waals surface area (Å²) < 4.78 is 4.67. The van der Waals surface area contributed by atoms with E-state index in [2.05, 4.69) is 4.74 Å². The van der Waals surface area contributed by atoms with Crippen LogP contribution in [0.3, 0.4) is 0 Å². The Balaban J connectivity index is 4.09. The third-order valence-corrected chi connectivity index (χ3v) is 1.80. The number of esters is 1. The molecule has 0 amide bonds. The quantitative estimate of drug-likeness (QED) is 0.643. The van der Waals surface area contributed by atoms with Gasteiger partial charge in [-0.3, -0.25) is 9.59 Å². The lowest BCUT2D eigenvalue weighted by Crippen LogP contribution is -2.26. The summed E-state index contributed by atoms with van der Waals surface area (Å²) in [7, 11) is 0. The minimum atomic E-state index is -0.976. The molecule has 0 heterocycles. The highest BCUT2D eigenvalue weighted by atomic mass is 16.5. The molecule has 0 rings (SSSR count). The van der Waals surface area contributed by atoms with E-state index < -0.39 is 23.8 Å². The van der Waals surface area contributed by atoms with E-state index in [1.807, 2.05) is 0 Å². The third-order valence-electron chi connectivity index (χ3n) is 1.80. The summed E-state index contributed by atoms with van der Waals surface area (Å²) in [6.45, 7) is 5.02. The molecule has 2 atom stereocenters. The first-order chi connectivity index (χ1) is 5.50. The van der Waals surface area contributed by atoms with Crippen molar-refractivity contribution in [1.29, 1.82) is 0 Å². The van der Waals surface area contributed by atoms with Crippen LogP contribution in [0.1, 0.15) is 20.8 Å². The fourth-order valence-electron chi connectivity index (χ4n) is 0.692. The molecule has 4 heteroatoms. The predicted molar refractivity (Wildman–Crippen MR) is 42.6 cm³/mol. The summed E-state index contributed by atoms with van der Waals surface area (Å²) in [6, 6.07) is 0. The molecule has 0 aromatic carbocycles. The van der Waals surface area contributed by atoms with Crippen LogP contribution in [0.2, 0.25) is 0 Å². The first-order valence-corrected chi connectivity index (χ1v) is 3.90. The van der Waals surface area contributed by atoms with Crippen molar-refractivity contribution in [3.8, 4) is 0 Å². The van der Waals surface area contributed by atoms with Crippen molar-refractivity contribution >= 4 is 11.9 Å². The van der Waals surface area contributed by atoms with Gasteiger partial charge in [0.05, 0.1) is 18.4 Å². The standard InChI is InChI=1S/C8H14O4/c1-4-12-8(11)6(3)5(2)7(9)10/h5-6H,4H2,1-3H3,(H,9,10)/t5?,6-/m1/s1. The van der Waals surface area contributed by atoms with Crippen LogP contribution in [0, 0.1) is 11.8 Å². The molecule has 0 bridgehead atoms. The Hall–Kier alpha value is -1.06. The van der Waals surface area contributed by atoms with Crippen LogP contribution in [-0.2, 0) is 14.3 Å². The maximum Gasteiger partial charge on any atom is 0.309 e. The number of ether oxygens (including phenoxy) is 1. The molecule has 4 nitrogen and oxygen atoms in total. The highest BCUT2D eigenvalue weighted by molar-refractivity contribution is 5.80. The van der Waals surface area contributed by atoms with Crippen molar-refractivity contribution in [3.05, 3.63) is 0 Å². The van der Waals surface area contributed by atoms with Crippen molar-refractivity contribution in [3.63, 3.8) is 0 Å². The Morgan fingerprint density at radius 1 is 1.33 bits per heavy atom. The maximum atomic E-state index is 11.0. The molecule has 0 fully saturated rings. The van der Waals surface area contributed by atoms with E-state index in [4.69, 9.17) is 5.11 Å². The zero-order valence-electron chi connectivity index (χ0n) is 7.53. The molecule has 1 N–H and O–H groups in total. The van der Waals surface area contributed by atoms with Crippen LogP contribution in [0.4, 0.5) is 0 Å². The Labute approximate surface area is 71.5 Å². The molecule has 0 aromatic heterocycles. The van der Waals surface area contributed by atoms with Gasteiger partial charge < -0.3 is 9.84 Å². The second-order valence-corrected chi connectivity index (χ2v) is 2.67. The maximum absolute atomic E-state index is 11.0. The molecular formula is C8H14O4. The van der Waals surface area contributed by atoms with Gasteiger partial charge in [0.2, 0.25) is 0 Å². The summed E-state index contributed by atoms with van der Waals surface area (Å²) in [5.74, 6) is -2.70. The summed E-state index contributed by atoms with van der Waals surface area (Å²) in [6.07, 6.45) is 0. The fourth-order valence-corrected chi connectivity index (χ4v) is 0.692. The Morgan fingerprint density at radius 2 is 1.83 bits per heavy atom. The van der Waals surface area contributed by atoms with Crippen LogP contribution in [0.15, 0.2) is 0 Å². The average Bonchev–Trinajstić information content (AvgIpc) is 2.02. The van der Waals surface area contributed by atoms with Crippen molar-refractivity contribution < 1.29 is 19.4 Å². The average molecular weight is 174 g/mol. The number of carboxylic acids is 1. The molecule has 0 saturated carbocycles. The van der Waals surface area contributed by atoms with Crippen LogP contribution < -0.4 is 0 Å². The van der Waals surface area contributed by atoms with Gasteiger partial charge in [0.25, 0.3) is 0 Å². The summed E-state index contributed by atoms with van der Waals surface area (Å²) in [5.41, 5.74) is 0. The highest BCUT2D eigenvalue weighted by Gasteiger charge is 2.26. The molecule has 0 aliphatic rings. The molecule has 0 aromatic rings. The van der Waals surface area contributed by atoms with E-state index >= 15 is 0 Å². The molecule has 0 aliphatic carbocycles. The lowest BCUT2D eigenvalue weighted by atomic mass is 9.96. The van der Waals surface area contributed by atoms with Crippen molar-refractivity contribution in [2.24, 2.45) is 11.8 Å². The van der Waals surface area contributed by atoms with Crippen molar-refractivity contribution in [2.75, 3.05) is 6.61 Å². The van der Waals surface area contributed by atoms with Gasteiger partial charge in [-0.25, -0.2) is 0 Å². The molecule has 0 saturated heterocycles. The summed E-state index contributed by atoms with van der Waals surface area (Å²) >= 11 is 0. The Kier molecular flexibility index (Phi) is 4.33. The molecule has 0 spiro atoms. The number of carbonyl (C=O) groups excluding carboxylic acids is 1. The smallest absolute Gasteiger partial charge is 0.309 e. The molecule has 0 radical (unpaired) electrons. The zero-order valence-corrected chi connectivity index (χ0v) is 7.53. The molecule has 70 valence electrons. The molecule has 0 aliphatic heterocycles. The highest BCUT2D eigenvalue weighted by Crippen LogP contribution is 2.12. The van der Waals surface area contributed by atoms with Crippen LogP contribution in [0.25, 0.3) is 0 Å². The first-order valence-electron chi connectivity index (χ1n) is 3.90. The molecular weight excluding hydrogens is 160 g/mol. The number of hydrogen-bond donors (Lipinski definition) is 1. The van der Waals surface area contributed by atoms with Crippen molar-refractivity contribution in [2.45, 2.75) is 20.8 Å². The van der Waals surface area contributed by atoms with E-state index in [1.54, 1.807) is 13.8 Å². The van der Waals surface area contributed by atoms with E-state index in [0.29, 0.717) is 0 Å². The SMILES string of the molecule is CCOC(=O)[C@H](C)C(C)C(=O)O. The van der Waals surface area contributed by atoms with Crippen molar-refractivity contribution in [1.82, 2.24) is 0 Å². The lowest BCUT2D eigenvalue weighted by Gasteiger charge is -2.13. The fraction of sp³-hybridized carbons (Fsp3) is 0.750. The number of carbonyl (C=O) groups is 2. The number of aliphatic carboxylic acids is 1. The molecule has 12 heavy (non-hydrogen) atoms. The van der Waals surface area contributed by atoms with Gasteiger partial charge in [-0.1, -0.05) is 13.8 Å². The third kappa shape index (κ3) is 2.90. The number of carboxylic acid groups (broad SMARTS) is 1. The van der Waals surface area contributed by atoms with Gasteiger partial charge in [0.15, 0.2) is 0 Å². The van der Waals surface area contributed by atoms with E-state index in [0.717, 1.165) is 0 Å². The predicted octanol–water partition coefficient (Wildman–Crippen LogP) is 0.906. The first kappa shape index (κ1) is 10.9. The second-order valence-electron chi connectivity index (χ2n) is 2.67. The van der Waals surface area contributed by atoms with Crippen LogP contribution in [-0.4, -0.2) is 23.7 Å². The van der Waals surface area contributed by atoms with Crippen LogP contribution >= 0.6 is 0 Å². The summed E-state index contributed by atoms with van der Waals surface area (Å²) in [4.78, 5) is 21.4. The largest absolute Gasteiger partial charge is 0.481 e. The second kappa shape index (κ2) is 4.74. The van der Waals surface area contributed by atoms with Gasteiger partial charge in [0, 0.05) is 0 Å². The van der Waals surface area contributed by atoms with Gasteiger partial charge in [-0.15, -0.1) is 0 Å². The van der Waals surface area contributed by atoms with Gasteiger partial charge in [-0.2, -0.15) is 0 Å². The van der Waals surface area contributed by atoms with Gasteiger partial charge >= 0.3 is 11.9 Å². The molecule has 1 unspecified atom stereocenters. The summed E-state index contributed by atoms with van der Waals surface area (Å²) in [5, 5.41) is 8.56. The Bertz CT molecular complexity index is 176. The van der Waals surface area contributed by atoms with Gasteiger partial charge in [-0.05, 0) is 6.92 Å². The Morgan fingerprint density at radius 3 is 2.17 bits per heavy atom.